The van der Waals surface area contributed by atoms with Crippen LogP contribution in [0.2, 0.25) is 0 Å². The average molecular weight is 407 g/mol. The molecular weight excluding hydrogens is 389 g/mol. The number of carbonyl (C=O) groups is 1. The van der Waals surface area contributed by atoms with E-state index in [4.69, 9.17) is 4.52 Å². The molecule has 0 aliphatic rings. The van der Waals surface area contributed by atoms with Crippen molar-refractivity contribution in [2.24, 2.45) is 0 Å². The van der Waals surface area contributed by atoms with Crippen LogP contribution in [0.4, 0.5) is 4.39 Å². The molecule has 5 nitrogen and oxygen atoms in total. The lowest BCUT2D eigenvalue weighted by Crippen LogP contribution is -2.29. The highest BCUT2D eigenvalue weighted by Gasteiger charge is 2.19. The van der Waals surface area contributed by atoms with Gasteiger partial charge < -0.3 is 9.84 Å². The Labute approximate surface area is 171 Å². The molecule has 0 fully saturated rings. The van der Waals surface area contributed by atoms with Crippen molar-refractivity contribution in [1.29, 1.82) is 0 Å². The predicted molar refractivity (Wildman–Crippen MR) is 109 cm³/mol. The largest absolute Gasteiger partial charge is 0.344 e. The number of benzene rings is 2. The minimum atomic E-state index is -0.328. The Morgan fingerprint density at radius 2 is 1.86 bits per heavy atom. The summed E-state index contributed by atoms with van der Waals surface area (Å²) in [5.41, 5.74) is 1.69. The average Bonchev–Trinajstić information content (AvgIpc) is 3.44. The SMILES string of the molecule is O=C(CCc1nc(-c2ccccc2)no1)NC(c1ccc(F)cc1)c1cccs1. The van der Waals surface area contributed by atoms with Gasteiger partial charge in [-0.15, -0.1) is 11.3 Å². The summed E-state index contributed by atoms with van der Waals surface area (Å²) in [5.74, 6) is 0.458. The number of thiophene rings is 1. The van der Waals surface area contributed by atoms with Crippen LogP contribution in [-0.2, 0) is 11.2 Å². The standard InChI is InChI=1S/C22H18FN3O2S/c23-17-10-8-15(9-11-17)21(18-7-4-14-29-18)24-19(27)12-13-20-25-22(26-28-20)16-5-2-1-3-6-16/h1-11,14,21H,12-13H2,(H,24,27). The van der Waals surface area contributed by atoms with E-state index in [-0.39, 0.29) is 24.2 Å². The minimum Gasteiger partial charge on any atom is -0.344 e. The summed E-state index contributed by atoms with van der Waals surface area (Å²) >= 11 is 1.54. The summed E-state index contributed by atoms with van der Waals surface area (Å²) in [4.78, 5) is 17.9. The number of rotatable bonds is 7. The molecule has 1 unspecified atom stereocenters. The molecule has 29 heavy (non-hydrogen) atoms. The van der Waals surface area contributed by atoms with Crippen LogP contribution in [0.1, 0.15) is 28.8 Å². The van der Waals surface area contributed by atoms with Crippen molar-refractivity contribution in [2.75, 3.05) is 0 Å². The fraction of sp³-hybridized carbons (Fsp3) is 0.136. The Morgan fingerprint density at radius 1 is 1.07 bits per heavy atom. The highest BCUT2D eigenvalue weighted by Crippen LogP contribution is 2.26. The van der Waals surface area contributed by atoms with Gasteiger partial charge in [-0.3, -0.25) is 4.79 Å². The van der Waals surface area contributed by atoms with Gasteiger partial charge >= 0.3 is 0 Å². The van der Waals surface area contributed by atoms with Gasteiger partial charge in [0.05, 0.1) is 6.04 Å². The molecule has 0 aliphatic carbocycles. The maximum atomic E-state index is 13.3. The first-order valence-corrected chi connectivity index (χ1v) is 10.0. The third-order valence-corrected chi connectivity index (χ3v) is 5.34. The molecule has 0 saturated heterocycles. The summed E-state index contributed by atoms with van der Waals surface area (Å²) in [7, 11) is 0. The molecule has 0 bridgehead atoms. The van der Waals surface area contributed by atoms with Crippen molar-refractivity contribution in [3.8, 4) is 11.4 Å². The predicted octanol–water partition coefficient (Wildman–Crippen LogP) is 4.78. The van der Waals surface area contributed by atoms with Crippen molar-refractivity contribution in [1.82, 2.24) is 15.5 Å². The number of nitrogens with zero attached hydrogens (tertiary/aromatic N) is 2. The zero-order valence-corrected chi connectivity index (χ0v) is 16.2. The van der Waals surface area contributed by atoms with E-state index in [2.05, 4.69) is 15.5 Å². The molecule has 0 saturated carbocycles. The van der Waals surface area contributed by atoms with E-state index in [0.717, 1.165) is 16.0 Å². The minimum absolute atomic E-state index is 0.146. The van der Waals surface area contributed by atoms with Crippen LogP contribution < -0.4 is 5.32 Å². The number of nitrogens with one attached hydrogen (secondary N) is 1. The number of amides is 1. The molecule has 2 aromatic carbocycles. The number of aryl methyl sites for hydroxylation is 1. The van der Waals surface area contributed by atoms with Gasteiger partial charge in [-0.1, -0.05) is 53.7 Å². The lowest BCUT2D eigenvalue weighted by atomic mass is 10.0. The Hall–Kier alpha value is -3.32. The first-order valence-electron chi connectivity index (χ1n) is 9.15. The van der Waals surface area contributed by atoms with Gasteiger partial charge in [0.15, 0.2) is 0 Å². The van der Waals surface area contributed by atoms with E-state index in [1.165, 1.54) is 23.5 Å². The highest BCUT2D eigenvalue weighted by molar-refractivity contribution is 7.10. The molecule has 0 aliphatic heterocycles. The van der Waals surface area contributed by atoms with Gasteiger partial charge in [0.25, 0.3) is 0 Å². The second-order valence-electron chi connectivity index (χ2n) is 6.45. The van der Waals surface area contributed by atoms with E-state index >= 15 is 0 Å². The van der Waals surface area contributed by atoms with Crippen LogP contribution in [0.25, 0.3) is 11.4 Å². The van der Waals surface area contributed by atoms with Crippen molar-refractivity contribution < 1.29 is 13.7 Å². The molecule has 4 rings (SSSR count). The smallest absolute Gasteiger partial charge is 0.227 e. The lowest BCUT2D eigenvalue weighted by Gasteiger charge is -2.18. The van der Waals surface area contributed by atoms with Crippen LogP contribution in [0.15, 0.2) is 76.6 Å². The molecule has 1 N–H and O–H groups in total. The number of hydrogen-bond donors (Lipinski definition) is 1. The number of hydrogen-bond acceptors (Lipinski definition) is 5. The lowest BCUT2D eigenvalue weighted by molar-refractivity contribution is -0.121. The van der Waals surface area contributed by atoms with Crippen LogP contribution in [-0.4, -0.2) is 16.0 Å². The molecule has 0 radical (unpaired) electrons. The van der Waals surface area contributed by atoms with E-state index in [1.807, 2.05) is 47.8 Å². The van der Waals surface area contributed by atoms with Gasteiger partial charge in [0, 0.05) is 23.3 Å². The van der Waals surface area contributed by atoms with Gasteiger partial charge in [-0.05, 0) is 29.1 Å². The van der Waals surface area contributed by atoms with Gasteiger partial charge in [0.1, 0.15) is 5.82 Å². The van der Waals surface area contributed by atoms with Gasteiger partial charge in [0.2, 0.25) is 17.6 Å². The molecule has 1 atom stereocenters. The number of carbonyl (C=O) groups excluding carboxylic acids is 1. The molecular formula is C22H18FN3O2S. The van der Waals surface area contributed by atoms with Crippen LogP contribution in [0.5, 0.6) is 0 Å². The summed E-state index contributed by atoms with van der Waals surface area (Å²) < 4.78 is 18.5. The summed E-state index contributed by atoms with van der Waals surface area (Å²) in [6, 6.07) is 19.2. The molecule has 7 heteroatoms. The Kier molecular flexibility index (Phi) is 5.76. The van der Waals surface area contributed by atoms with Crippen LogP contribution in [0, 0.1) is 5.82 Å². The fourth-order valence-corrected chi connectivity index (χ4v) is 3.75. The number of halogens is 1. The van der Waals surface area contributed by atoms with Crippen LogP contribution >= 0.6 is 11.3 Å². The maximum Gasteiger partial charge on any atom is 0.227 e. The first kappa shape index (κ1) is 19.0. The topological polar surface area (TPSA) is 68.0 Å². The molecule has 2 aromatic heterocycles. The highest BCUT2D eigenvalue weighted by atomic mass is 32.1. The van der Waals surface area contributed by atoms with Gasteiger partial charge in [-0.25, -0.2) is 4.39 Å². The maximum absolute atomic E-state index is 13.3. The van der Waals surface area contributed by atoms with Crippen molar-refractivity contribution in [3.05, 3.63) is 94.3 Å². The zero-order valence-electron chi connectivity index (χ0n) is 15.4. The number of aromatic nitrogens is 2. The molecule has 0 spiro atoms. The monoisotopic (exact) mass is 407 g/mol. The molecule has 146 valence electrons. The summed E-state index contributed by atoms with van der Waals surface area (Å²) in [5, 5.41) is 8.94. The van der Waals surface area contributed by atoms with Crippen molar-refractivity contribution in [3.63, 3.8) is 0 Å². The van der Waals surface area contributed by atoms with E-state index in [0.29, 0.717) is 18.1 Å². The second kappa shape index (κ2) is 8.79. The summed E-state index contributed by atoms with van der Waals surface area (Å²) in [6.45, 7) is 0. The first-order chi connectivity index (χ1) is 14.2. The van der Waals surface area contributed by atoms with Crippen LogP contribution in [0.3, 0.4) is 0 Å². The Balaban J connectivity index is 1.41. The fourth-order valence-electron chi connectivity index (χ4n) is 2.94. The normalized spacial score (nSPS) is 11.9. The zero-order chi connectivity index (χ0) is 20.1. The molecule has 1 amide bonds. The Morgan fingerprint density at radius 3 is 2.59 bits per heavy atom. The molecule has 4 aromatic rings. The quantitative estimate of drug-likeness (QED) is 0.479. The van der Waals surface area contributed by atoms with E-state index < -0.39 is 0 Å². The van der Waals surface area contributed by atoms with Crippen molar-refractivity contribution >= 4 is 17.2 Å². The van der Waals surface area contributed by atoms with Gasteiger partial charge in [-0.2, -0.15) is 4.98 Å². The van der Waals surface area contributed by atoms with E-state index in [9.17, 15) is 9.18 Å². The second-order valence-corrected chi connectivity index (χ2v) is 7.42. The molecule has 2 heterocycles. The summed E-state index contributed by atoms with van der Waals surface area (Å²) in [6.07, 6.45) is 0.547. The Bertz CT molecular complexity index is 1060. The third kappa shape index (κ3) is 4.75. The van der Waals surface area contributed by atoms with E-state index in [1.54, 1.807) is 12.1 Å². The third-order valence-electron chi connectivity index (χ3n) is 4.40. The van der Waals surface area contributed by atoms with Crippen molar-refractivity contribution in [2.45, 2.75) is 18.9 Å².